The molecule has 108 valence electrons. The van der Waals surface area contributed by atoms with E-state index in [1.54, 1.807) is 0 Å². The molecule has 0 amide bonds. The van der Waals surface area contributed by atoms with Crippen molar-refractivity contribution in [1.29, 1.82) is 0 Å². The van der Waals surface area contributed by atoms with Gasteiger partial charge in [-0.2, -0.15) is 0 Å². The van der Waals surface area contributed by atoms with E-state index in [2.05, 4.69) is 80.7 Å². The summed E-state index contributed by atoms with van der Waals surface area (Å²) < 4.78 is 0. The summed E-state index contributed by atoms with van der Waals surface area (Å²) in [6.07, 6.45) is 1.07. The fraction of sp³-hybridized carbons (Fsp3) is 0.333. The molecule has 0 saturated carbocycles. The van der Waals surface area contributed by atoms with Crippen LogP contribution in [0.1, 0.15) is 36.6 Å². The van der Waals surface area contributed by atoms with Gasteiger partial charge in [0.1, 0.15) is 0 Å². The molecule has 0 aliphatic carbocycles. The van der Waals surface area contributed by atoms with Crippen molar-refractivity contribution in [3.05, 3.63) is 71.3 Å². The first-order valence-corrected chi connectivity index (χ1v) is 7.01. The minimum Gasteiger partial charge on any atom is -0.307 e. The second-order valence-corrected chi connectivity index (χ2v) is 5.39. The van der Waals surface area contributed by atoms with Crippen LogP contribution in [0.25, 0.3) is 0 Å². The predicted molar refractivity (Wildman–Crippen MR) is 89.6 cm³/mol. The van der Waals surface area contributed by atoms with Crippen LogP contribution in [0.2, 0.25) is 0 Å². The van der Waals surface area contributed by atoms with E-state index in [1.165, 1.54) is 16.7 Å². The summed E-state index contributed by atoms with van der Waals surface area (Å²) in [4.78, 5) is 0. The van der Waals surface area contributed by atoms with E-state index < -0.39 is 0 Å². The lowest BCUT2D eigenvalue weighted by Gasteiger charge is -2.20. The van der Waals surface area contributed by atoms with E-state index in [-0.39, 0.29) is 12.4 Å². The second-order valence-electron chi connectivity index (χ2n) is 5.39. The van der Waals surface area contributed by atoms with E-state index in [1.807, 2.05) is 0 Å². The van der Waals surface area contributed by atoms with Gasteiger partial charge in [0.2, 0.25) is 0 Å². The van der Waals surface area contributed by atoms with Crippen LogP contribution in [0, 0.1) is 6.92 Å². The van der Waals surface area contributed by atoms with E-state index in [0.29, 0.717) is 12.1 Å². The lowest BCUT2D eigenvalue weighted by atomic mass is 10.0. The van der Waals surface area contributed by atoms with Gasteiger partial charge in [-0.15, -0.1) is 12.4 Å². The molecule has 2 aromatic carbocycles. The number of aryl methyl sites for hydroxylation is 1. The van der Waals surface area contributed by atoms with Crippen LogP contribution in [-0.4, -0.2) is 6.04 Å². The summed E-state index contributed by atoms with van der Waals surface area (Å²) >= 11 is 0. The molecular formula is C18H24ClN. The van der Waals surface area contributed by atoms with Crippen molar-refractivity contribution in [3.8, 4) is 0 Å². The third-order valence-corrected chi connectivity index (χ3v) is 3.50. The Morgan fingerprint density at radius 1 is 0.900 bits per heavy atom. The highest BCUT2D eigenvalue weighted by Crippen LogP contribution is 2.13. The van der Waals surface area contributed by atoms with Gasteiger partial charge < -0.3 is 5.32 Å². The lowest BCUT2D eigenvalue weighted by molar-refractivity contribution is 0.477. The average molecular weight is 290 g/mol. The molecule has 2 aromatic rings. The molecule has 20 heavy (non-hydrogen) atoms. The monoisotopic (exact) mass is 289 g/mol. The molecule has 1 N–H and O–H groups in total. The summed E-state index contributed by atoms with van der Waals surface area (Å²) in [5, 5.41) is 3.66. The van der Waals surface area contributed by atoms with Gasteiger partial charge in [0, 0.05) is 12.1 Å². The average Bonchev–Trinajstić information content (AvgIpc) is 2.42. The molecule has 0 aliphatic heterocycles. The van der Waals surface area contributed by atoms with Crippen molar-refractivity contribution >= 4 is 12.4 Å². The minimum atomic E-state index is 0. The quantitative estimate of drug-likeness (QED) is 0.841. The number of benzene rings is 2. The molecule has 1 nitrogen and oxygen atoms in total. The Morgan fingerprint density at radius 2 is 1.50 bits per heavy atom. The number of nitrogens with one attached hydrogen (secondary N) is 1. The molecule has 0 heterocycles. The first-order valence-electron chi connectivity index (χ1n) is 7.01. The summed E-state index contributed by atoms with van der Waals surface area (Å²) in [5.41, 5.74) is 4.06. The number of halogens is 1. The van der Waals surface area contributed by atoms with Crippen molar-refractivity contribution in [3.63, 3.8) is 0 Å². The van der Waals surface area contributed by atoms with Crippen molar-refractivity contribution < 1.29 is 0 Å². The van der Waals surface area contributed by atoms with Gasteiger partial charge in [-0.05, 0) is 38.3 Å². The number of rotatable bonds is 5. The topological polar surface area (TPSA) is 12.0 Å². The van der Waals surface area contributed by atoms with E-state index >= 15 is 0 Å². The molecule has 0 radical (unpaired) electrons. The summed E-state index contributed by atoms with van der Waals surface area (Å²) in [5.74, 6) is 0. The largest absolute Gasteiger partial charge is 0.307 e. The highest BCUT2D eigenvalue weighted by atomic mass is 35.5. The maximum absolute atomic E-state index is 3.66. The Labute approximate surface area is 128 Å². The van der Waals surface area contributed by atoms with Gasteiger partial charge in [-0.1, -0.05) is 60.2 Å². The maximum Gasteiger partial charge on any atom is 0.0294 e. The van der Waals surface area contributed by atoms with Gasteiger partial charge in [0.05, 0.1) is 0 Å². The van der Waals surface area contributed by atoms with Crippen LogP contribution in [0.4, 0.5) is 0 Å². The zero-order chi connectivity index (χ0) is 13.7. The molecule has 0 aromatic heterocycles. The van der Waals surface area contributed by atoms with Gasteiger partial charge in [0.15, 0.2) is 0 Å². The van der Waals surface area contributed by atoms with E-state index in [4.69, 9.17) is 0 Å². The zero-order valence-electron chi connectivity index (χ0n) is 12.5. The molecule has 0 bridgehead atoms. The summed E-state index contributed by atoms with van der Waals surface area (Å²) in [7, 11) is 0. The van der Waals surface area contributed by atoms with Crippen molar-refractivity contribution in [2.24, 2.45) is 0 Å². The standard InChI is InChI=1S/C18H23N.ClH/c1-14-9-11-17(12-10-14)13-15(2)19-16(3)18-7-5-4-6-8-18;/h4-12,15-16,19H,13H2,1-3H3;1H/t15-,16-;/m1./s1. The first kappa shape index (κ1) is 16.7. The Kier molecular flexibility index (Phi) is 6.77. The van der Waals surface area contributed by atoms with E-state index in [0.717, 1.165) is 6.42 Å². The summed E-state index contributed by atoms with van der Waals surface area (Å²) in [6, 6.07) is 20.3. The molecule has 2 rings (SSSR count). The molecule has 0 saturated heterocycles. The third-order valence-electron chi connectivity index (χ3n) is 3.50. The zero-order valence-corrected chi connectivity index (χ0v) is 13.3. The normalized spacial score (nSPS) is 13.3. The summed E-state index contributed by atoms with van der Waals surface area (Å²) in [6.45, 7) is 6.60. The molecular weight excluding hydrogens is 266 g/mol. The van der Waals surface area contributed by atoms with Crippen molar-refractivity contribution in [2.75, 3.05) is 0 Å². The van der Waals surface area contributed by atoms with Gasteiger partial charge in [-0.3, -0.25) is 0 Å². The molecule has 0 aliphatic rings. The van der Waals surface area contributed by atoms with Crippen molar-refractivity contribution in [1.82, 2.24) is 5.32 Å². The number of hydrogen-bond donors (Lipinski definition) is 1. The number of hydrogen-bond acceptors (Lipinski definition) is 1. The van der Waals surface area contributed by atoms with Crippen LogP contribution in [0.5, 0.6) is 0 Å². The second kappa shape index (κ2) is 8.08. The Balaban J connectivity index is 0.00000200. The Morgan fingerprint density at radius 3 is 2.10 bits per heavy atom. The highest BCUT2D eigenvalue weighted by molar-refractivity contribution is 5.85. The third kappa shape index (κ3) is 4.99. The van der Waals surface area contributed by atoms with Gasteiger partial charge >= 0.3 is 0 Å². The van der Waals surface area contributed by atoms with E-state index in [9.17, 15) is 0 Å². The van der Waals surface area contributed by atoms with Crippen LogP contribution < -0.4 is 5.32 Å². The fourth-order valence-electron chi connectivity index (χ4n) is 2.40. The minimum absolute atomic E-state index is 0. The molecule has 0 fully saturated rings. The van der Waals surface area contributed by atoms with Crippen molar-refractivity contribution in [2.45, 2.75) is 39.3 Å². The SMILES string of the molecule is Cc1ccc(C[C@@H](C)N[C@H](C)c2ccccc2)cc1.Cl. The molecule has 2 atom stereocenters. The van der Waals surface area contributed by atoms with Gasteiger partial charge in [0.25, 0.3) is 0 Å². The van der Waals surface area contributed by atoms with Gasteiger partial charge in [-0.25, -0.2) is 0 Å². The maximum atomic E-state index is 3.66. The molecule has 0 unspecified atom stereocenters. The van der Waals surface area contributed by atoms with Crippen LogP contribution in [-0.2, 0) is 6.42 Å². The first-order chi connectivity index (χ1) is 9.15. The molecule has 0 spiro atoms. The van der Waals surface area contributed by atoms with Crippen LogP contribution >= 0.6 is 12.4 Å². The smallest absolute Gasteiger partial charge is 0.0294 e. The van der Waals surface area contributed by atoms with Crippen LogP contribution in [0.15, 0.2) is 54.6 Å². The Bertz CT molecular complexity index is 493. The molecule has 2 heteroatoms. The fourth-order valence-corrected chi connectivity index (χ4v) is 2.40. The lowest BCUT2D eigenvalue weighted by Crippen LogP contribution is -2.30. The highest BCUT2D eigenvalue weighted by Gasteiger charge is 2.09. The predicted octanol–water partition coefficient (Wildman–Crippen LogP) is 4.70. The Hall–Kier alpha value is -1.31. The van der Waals surface area contributed by atoms with Crippen LogP contribution in [0.3, 0.4) is 0 Å².